The molecule has 2 heterocycles. The van der Waals surface area contributed by atoms with Crippen LogP contribution in [0.2, 0.25) is 5.02 Å². The van der Waals surface area contributed by atoms with Gasteiger partial charge in [-0.05, 0) is 45.8 Å². The maximum Gasteiger partial charge on any atom is 0.179 e. The number of pyridine rings is 1. The Balaban J connectivity index is 1.79. The van der Waals surface area contributed by atoms with E-state index >= 15 is 0 Å². The summed E-state index contributed by atoms with van der Waals surface area (Å²) in [5.74, 6) is 1.35. The van der Waals surface area contributed by atoms with Crippen LogP contribution in [0.3, 0.4) is 0 Å². The number of halogens is 2. The van der Waals surface area contributed by atoms with E-state index in [9.17, 15) is 0 Å². The van der Waals surface area contributed by atoms with E-state index in [2.05, 4.69) is 26.2 Å². The predicted octanol–water partition coefficient (Wildman–Crippen LogP) is 4.27. The number of anilines is 1. The third-order valence-electron chi connectivity index (χ3n) is 3.10. The molecule has 0 saturated heterocycles. The van der Waals surface area contributed by atoms with Crippen LogP contribution in [0, 0.1) is 0 Å². The van der Waals surface area contributed by atoms with E-state index in [1.54, 1.807) is 6.20 Å². The van der Waals surface area contributed by atoms with E-state index in [-0.39, 0.29) is 0 Å². The Morgan fingerprint density at radius 1 is 1.29 bits per heavy atom. The van der Waals surface area contributed by atoms with Gasteiger partial charge in [0.15, 0.2) is 11.5 Å². The first-order chi connectivity index (χ1) is 10.2. The third kappa shape index (κ3) is 3.41. The first-order valence-electron chi connectivity index (χ1n) is 6.66. The second-order valence-corrected chi connectivity index (χ2v) is 5.81. The highest BCUT2D eigenvalue weighted by Crippen LogP contribution is 2.38. The summed E-state index contributed by atoms with van der Waals surface area (Å²) in [5.41, 5.74) is 1.96. The van der Waals surface area contributed by atoms with E-state index in [0.717, 1.165) is 22.3 Å². The van der Waals surface area contributed by atoms with Gasteiger partial charge in [-0.15, -0.1) is 0 Å². The van der Waals surface area contributed by atoms with Crippen molar-refractivity contribution in [1.82, 2.24) is 4.98 Å². The molecule has 110 valence electrons. The maximum atomic E-state index is 6.28. The number of aromatic nitrogens is 1. The second kappa shape index (κ2) is 6.54. The molecule has 0 radical (unpaired) electrons. The van der Waals surface area contributed by atoms with Gasteiger partial charge < -0.3 is 14.8 Å². The molecule has 0 saturated carbocycles. The normalized spacial score (nSPS) is 13.6. The Bertz CT molecular complexity index is 652. The molecule has 1 aromatic heterocycles. The molecule has 0 fully saturated rings. The zero-order valence-corrected chi connectivity index (χ0v) is 13.6. The van der Waals surface area contributed by atoms with E-state index in [1.807, 2.05) is 24.3 Å². The Hall–Kier alpha value is -1.46. The molecular weight excluding hydrogens is 356 g/mol. The molecule has 1 N–H and O–H groups in total. The van der Waals surface area contributed by atoms with Gasteiger partial charge in [-0.1, -0.05) is 11.6 Å². The molecule has 0 amide bonds. The minimum absolute atomic E-state index is 0.580. The highest BCUT2D eigenvalue weighted by atomic mass is 79.9. The summed E-state index contributed by atoms with van der Waals surface area (Å²) in [5, 5.41) is 3.89. The van der Waals surface area contributed by atoms with Crippen LogP contribution >= 0.6 is 27.5 Å². The molecule has 3 rings (SSSR count). The number of fused-ring (bicyclic) bond motifs is 1. The standard InChI is InChI=1S/C15H14BrClN2O2/c16-15-12(3-1-4-18-15)19-9-10-7-11(17)14-13(8-10)20-5-2-6-21-14/h1,3-4,7-8,19H,2,5-6,9H2. The Labute approximate surface area is 136 Å². The van der Waals surface area contributed by atoms with Crippen molar-refractivity contribution in [3.05, 3.63) is 45.7 Å². The van der Waals surface area contributed by atoms with Crippen LogP contribution in [0.4, 0.5) is 5.69 Å². The van der Waals surface area contributed by atoms with Crippen molar-refractivity contribution in [2.45, 2.75) is 13.0 Å². The SMILES string of the molecule is Clc1cc(CNc2cccnc2Br)cc2c1OCCCO2. The molecule has 0 bridgehead atoms. The Morgan fingerprint density at radius 3 is 3.00 bits per heavy atom. The fraction of sp³-hybridized carbons (Fsp3) is 0.267. The number of ether oxygens (including phenoxy) is 2. The quantitative estimate of drug-likeness (QED) is 0.821. The number of nitrogens with zero attached hydrogens (tertiary/aromatic N) is 1. The van der Waals surface area contributed by atoms with E-state index in [0.29, 0.717) is 36.3 Å². The Kier molecular flexibility index (Phi) is 4.51. The van der Waals surface area contributed by atoms with Crippen LogP contribution in [0.5, 0.6) is 11.5 Å². The number of rotatable bonds is 3. The highest BCUT2D eigenvalue weighted by Gasteiger charge is 2.15. The second-order valence-electron chi connectivity index (χ2n) is 4.65. The average Bonchev–Trinajstić information content (AvgIpc) is 2.72. The van der Waals surface area contributed by atoms with Gasteiger partial charge in [0, 0.05) is 19.2 Å². The van der Waals surface area contributed by atoms with Gasteiger partial charge in [-0.25, -0.2) is 4.98 Å². The van der Waals surface area contributed by atoms with E-state index in [4.69, 9.17) is 21.1 Å². The summed E-state index contributed by atoms with van der Waals surface area (Å²) in [7, 11) is 0. The molecule has 0 aliphatic carbocycles. The highest BCUT2D eigenvalue weighted by molar-refractivity contribution is 9.10. The van der Waals surface area contributed by atoms with Crippen molar-refractivity contribution in [3.63, 3.8) is 0 Å². The van der Waals surface area contributed by atoms with Gasteiger partial charge >= 0.3 is 0 Å². The summed E-state index contributed by atoms with van der Waals surface area (Å²) < 4.78 is 12.1. The lowest BCUT2D eigenvalue weighted by Crippen LogP contribution is -2.02. The molecule has 0 spiro atoms. The molecule has 21 heavy (non-hydrogen) atoms. The molecule has 1 aliphatic heterocycles. The number of hydrogen-bond acceptors (Lipinski definition) is 4. The molecule has 6 heteroatoms. The summed E-state index contributed by atoms with van der Waals surface area (Å²) in [6.45, 7) is 1.90. The van der Waals surface area contributed by atoms with E-state index < -0.39 is 0 Å². The average molecular weight is 370 g/mol. The summed E-state index contributed by atoms with van der Waals surface area (Å²) in [6.07, 6.45) is 2.60. The van der Waals surface area contributed by atoms with Crippen molar-refractivity contribution < 1.29 is 9.47 Å². The number of benzene rings is 1. The topological polar surface area (TPSA) is 43.4 Å². The van der Waals surface area contributed by atoms with Crippen LogP contribution in [0.1, 0.15) is 12.0 Å². The lowest BCUT2D eigenvalue weighted by atomic mass is 10.2. The number of hydrogen-bond donors (Lipinski definition) is 1. The van der Waals surface area contributed by atoms with Crippen LogP contribution < -0.4 is 14.8 Å². The summed E-state index contributed by atoms with van der Waals surface area (Å²) >= 11 is 9.69. The molecular formula is C15H14BrClN2O2. The lowest BCUT2D eigenvalue weighted by Gasteiger charge is -2.13. The largest absolute Gasteiger partial charge is 0.489 e. The third-order valence-corrected chi connectivity index (χ3v) is 4.02. The summed E-state index contributed by atoms with van der Waals surface area (Å²) in [6, 6.07) is 7.70. The minimum Gasteiger partial charge on any atom is -0.489 e. The maximum absolute atomic E-state index is 6.28. The fourth-order valence-corrected chi connectivity index (χ4v) is 2.78. The van der Waals surface area contributed by atoms with Gasteiger partial charge in [0.1, 0.15) is 4.60 Å². The van der Waals surface area contributed by atoms with Gasteiger partial charge in [0.25, 0.3) is 0 Å². The molecule has 0 unspecified atom stereocenters. The van der Waals surface area contributed by atoms with Crippen LogP contribution in [0.15, 0.2) is 35.1 Å². The van der Waals surface area contributed by atoms with Crippen LogP contribution in [-0.2, 0) is 6.54 Å². The first kappa shape index (κ1) is 14.5. The minimum atomic E-state index is 0.580. The molecule has 1 aliphatic rings. The number of nitrogens with one attached hydrogen (secondary N) is 1. The smallest absolute Gasteiger partial charge is 0.179 e. The van der Waals surface area contributed by atoms with E-state index in [1.165, 1.54) is 0 Å². The first-order valence-corrected chi connectivity index (χ1v) is 7.83. The van der Waals surface area contributed by atoms with Gasteiger partial charge in [0.2, 0.25) is 0 Å². The van der Waals surface area contributed by atoms with Crippen molar-refractivity contribution in [2.75, 3.05) is 18.5 Å². The van der Waals surface area contributed by atoms with Crippen LogP contribution in [-0.4, -0.2) is 18.2 Å². The van der Waals surface area contributed by atoms with Gasteiger partial charge in [0.05, 0.1) is 23.9 Å². The van der Waals surface area contributed by atoms with Gasteiger partial charge in [-0.2, -0.15) is 0 Å². The fourth-order valence-electron chi connectivity index (χ4n) is 2.10. The Morgan fingerprint density at radius 2 is 2.14 bits per heavy atom. The van der Waals surface area contributed by atoms with Crippen molar-refractivity contribution in [1.29, 1.82) is 0 Å². The molecule has 2 aromatic rings. The van der Waals surface area contributed by atoms with Crippen molar-refractivity contribution in [2.24, 2.45) is 0 Å². The lowest BCUT2D eigenvalue weighted by molar-refractivity contribution is 0.297. The molecule has 1 aromatic carbocycles. The summed E-state index contributed by atoms with van der Waals surface area (Å²) in [4.78, 5) is 4.18. The molecule has 4 nitrogen and oxygen atoms in total. The van der Waals surface area contributed by atoms with Crippen molar-refractivity contribution in [3.8, 4) is 11.5 Å². The monoisotopic (exact) mass is 368 g/mol. The zero-order valence-electron chi connectivity index (χ0n) is 11.2. The van der Waals surface area contributed by atoms with Crippen molar-refractivity contribution >= 4 is 33.2 Å². The molecule has 0 atom stereocenters. The zero-order chi connectivity index (χ0) is 14.7. The van der Waals surface area contributed by atoms with Gasteiger partial charge in [-0.3, -0.25) is 0 Å². The predicted molar refractivity (Wildman–Crippen MR) is 86.3 cm³/mol. The van der Waals surface area contributed by atoms with Crippen LogP contribution in [0.25, 0.3) is 0 Å².